The molecule has 0 bridgehead atoms. The topological polar surface area (TPSA) is 86.7 Å². The summed E-state index contributed by atoms with van der Waals surface area (Å²) >= 11 is 10.4. The number of nitrogens with one attached hydrogen (secondary N) is 1. The smallest absolute Gasteiger partial charge is 0.251 e. The second-order valence-electron chi connectivity index (χ2n) is 9.74. The Hall–Kier alpha value is -1.58. The van der Waals surface area contributed by atoms with Gasteiger partial charge < -0.3 is 10.4 Å². The Morgan fingerprint density at radius 2 is 1.77 bits per heavy atom. The number of thiol groups is 1. The molecule has 4 atom stereocenters. The molecule has 1 aliphatic rings. The Kier molecular flexibility index (Phi) is 9.32. The van der Waals surface area contributed by atoms with Crippen LogP contribution in [0.3, 0.4) is 0 Å². The number of carbonyl (C=O) groups is 1. The van der Waals surface area contributed by atoms with E-state index in [2.05, 4.69) is 24.9 Å². The lowest BCUT2D eigenvalue weighted by molar-refractivity contribution is 0.0924. The molecule has 0 spiro atoms. The lowest BCUT2D eigenvalue weighted by atomic mass is 9.86. The number of sulfonamides is 1. The van der Waals surface area contributed by atoms with Crippen LogP contribution in [0.25, 0.3) is 0 Å². The molecule has 192 valence electrons. The van der Waals surface area contributed by atoms with Gasteiger partial charge in [0.15, 0.2) is 0 Å². The highest BCUT2D eigenvalue weighted by molar-refractivity contribution is 7.89. The molecule has 1 saturated carbocycles. The van der Waals surface area contributed by atoms with Crippen LogP contribution in [0.2, 0.25) is 5.02 Å². The van der Waals surface area contributed by atoms with E-state index in [1.54, 1.807) is 66.7 Å². The van der Waals surface area contributed by atoms with Crippen molar-refractivity contribution >= 4 is 40.2 Å². The molecule has 2 aromatic rings. The summed E-state index contributed by atoms with van der Waals surface area (Å²) in [6, 6.07) is 12.8. The molecule has 1 aliphatic carbocycles. The van der Waals surface area contributed by atoms with Gasteiger partial charge in [-0.15, -0.1) is 0 Å². The van der Waals surface area contributed by atoms with Gasteiger partial charge in [-0.05, 0) is 74.6 Å². The normalized spacial score (nSPS) is 21.3. The standard InChI is InChI=1S/C26H35ClN2O4S2/c1-18-6-4-5-7-24(18)29(35(32,33)23-14-12-22(27)13-15-23)16-20-8-10-21(11-9-20)25(31)28-19(2)26(3,34)17-30/h8-15,18-19,24,30,34H,4-7,16-17H2,1-3H3,(H,28,31). The van der Waals surface area contributed by atoms with Crippen LogP contribution >= 0.6 is 24.2 Å². The average molecular weight is 539 g/mol. The van der Waals surface area contributed by atoms with Crippen molar-refractivity contribution in [2.45, 2.75) is 74.7 Å². The van der Waals surface area contributed by atoms with Gasteiger partial charge in [0.05, 0.1) is 16.2 Å². The molecule has 0 saturated heterocycles. The molecular weight excluding hydrogens is 504 g/mol. The minimum atomic E-state index is -3.75. The van der Waals surface area contributed by atoms with E-state index in [0.29, 0.717) is 10.6 Å². The second-order valence-corrected chi connectivity index (χ2v) is 13.1. The second kappa shape index (κ2) is 11.6. The zero-order valence-corrected chi connectivity index (χ0v) is 22.9. The first-order valence-corrected chi connectivity index (χ1v) is 14.2. The van der Waals surface area contributed by atoms with Gasteiger partial charge in [0.2, 0.25) is 10.0 Å². The van der Waals surface area contributed by atoms with Gasteiger partial charge in [-0.1, -0.05) is 43.5 Å². The third-order valence-electron chi connectivity index (χ3n) is 7.01. The van der Waals surface area contributed by atoms with Gasteiger partial charge >= 0.3 is 0 Å². The molecule has 4 unspecified atom stereocenters. The number of nitrogens with zero attached hydrogens (tertiary/aromatic N) is 1. The summed E-state index contributed by atoms with van der Waals surface area (Å²) < 4.78 is 28.3. The Morgan fingerprint density at radius 1 is 1.17 bits per heavy atom. The monoisotopic (exact) mass is 538 g/mol. The van der Waals surface area contributed by atoms with Crippen molar-refractivity contribution in [3.63, 3.8) is 0 Å². The molecule has 0 heterocycles. The number of amides is 1. The van der Waals surface area contributed by atoms with Crippen molar-refractivity contribution in [1.82, 2.24) is 9.62 Å². The Bertz CT molecular complexity index is 1110. The Balaban J connectivity index is 1.84. The van der Waals surface area contributed by atoms with E-state index in [-0.39, 0.29) is 42.0 Å². The van der Waals surface area contributed by atoms with Gasteiger partial charge in [-0.25, -0.2) is 8.42 Å². The minimum Gasteiger partial charge on any atom is -0.395 e. The SMILES string of the molecule is CC1CCCCC1N(Cc1ccc(C(=O)NC(C)C(C)(S)CO)cc1)S(=O)(=O)c1ccc(Cl)cc1. The first-order chi connectivity index (χ1) is 16.5. The van der Waals surface area contributed by atoms with E-state index in [1.807, 2.05) is 0 Å². The molecule has 35 heavy (non-hydrogen) atoms. The van der Waals surface area contributed by atoms with Gasteiger partial charge in [0.1, 0.15) is 0 Å². The Labute approximate surface area is 219 Å². The Morgan fingerprint density at radius 3 is 2.34 bits per heavy atom. The molecular formula is C26H35ClN2O4S2. The van der Waals surface area contributed by atoms with E-state index < -0.39 is 14.8 Å². The lowest BCUT2D eigenvalue weighted by Crippen LogP contribution is -2.47. The summed E-state index contributed by atoms with van der Waals surface area (Å²) in [5, 5.41) is 12.8. The number of benzene rings is 2. The highest BCUT2D eigenvalue weighted by Gasteiger charge is 2.36. The largest absolute Gasteiger partial charge is 0.395 e. The van der Waals surface area contributed by atoms with Gasteiger partial charge in [0.25, 0.3) is 5.91 Å². The average Bonchev–Trinajstić information content (AvgIpc) is 2.83. The summed E-state index contributed by atoms with van der Waals surface area (Å²) in [4.78, 5) is 12.9. The summed E-state index contributed by atoms with van der Waals surface area (Å²) in [6.07, 6.45) is 3.92. The van der Waals surface area contributed by atoms with Gasteiger partial charge in [-0.3, -0.25) is 4.79 Å². The maximum Gasteiger partial charge on any atom is 0.251 e. The fourth-order valence-electron chi connectivity index (χ4n) is 4.36. The predicted molar refractivity (Wildman–Crippen MR) is 143 cm³/mol. The molecule has 0 radical (unpaired) electrons. The molecule has 9 heteroatoms. The van der Waals surface area contributed by atoms with Crippen LogP contribution in [-0.4, -0.2) is 47.2 Å². The maximum absolute atomic E-state index is 13.7. The first kappa shape index (κ1) is 28.0. The fourth-order valence-corrected chi connectivity index (χ4v) is 6.29. The highest BCUT2D eigenvalue weighted by atomic mass is 35.5. The molecule has 0 aromatic heterocycles. The van der Waals surface area contributed by atoms with Crippen molar-refractivity contribution in [2.24, 2.45) is 5.92 Å². The highest BCUT2D eigenvalue weighted by Crippen LogP contribution is 2.33. The molecule has 2 aromatic carbocycles. The van der Waals surface area contributed by atoms with Crippen molar-refractivity contribution in [2.75, 3.05) is 6.61 Å². The van der Waals surface area contributed by atoms with Crippen LogP contribution in [0, 0.1) is 5.92 Å². The zero-order chi connectivity index (χ0) is 25.8. The van der Waals surface area contributed by atoms with Crippen LogP contribution in [0.5, 0.6) is 0 Å². The van der Waals surface area contributed by atoms with E-state index in [9.17, 15) is 18.3 Å². The zero-order valence-electron chi connectivity index (χ0n) is 20.4. The molecule has 1 fully saturated rings. The molecule has 0 aliphatic heterocycles. The quantitative estimate of drug-likeness (QED) is 0.396. The minimum absolute atomic E-state index is 0.0974. The van der Waals surface area contributed by atoms with Crippen LogP contribution < -0.4 is 5.32 Å². The number of carbonyl (C=O) groups excluding carboxylic acids is 1. The van der Waals surface area contributed by atoms with Gasteiger partial charge in [-0.2, -0.15) is 16.9 Å². The lowest BCUT2D eigenvalue weighted by Gasteiger charge is -2.37. The summed E-state index contributed by atoms with van der Waals surface area (Å²) in [5.41, 5.74) is 1.26. The van der Waals surface area contributed by atoms with E-state index in [1.165, 1.54) is 0 Å². The number of halogens is 1. The number of hydrogen-bond donors (Lipinski definition) is 3. The molecule has 6 nitrogen and oxygen atoms in total. The van der Waals surface area contributed by atoms with Crippen molar-refractivity contribution in [1.29, 1.82) is 0 Å². The summed E-state index contributed by atoms with van der Waals surface area (Å²) in [5.74, 6) is -0.0243. The third-order valence-corrected chi connectivity index (χ3v) is 9.68. The van der Waals surface area contributed by atoms with E-state index in [4.69, 9.17) is 11.6 Å². The van der Waals surface area contributed by atoms with Crippen molar-refractivity contribution < 1.29 is 18.3 Å². The summed E-state index contributed by atoms with van der Waals surface area (Å²) in [6.45, 7) is 5.71. The van der Waals surface area contributed by atoms with Crippen LogP contribution in [0.4, 0.5) is 0 Å². The maximum atomic E-state index is 13.7. The number of rotatable bonds is 9. The molecule has 3 rings (SSSR count). The van der Waals surface area contributed by atoms with Crippen molar-refractivity contribution in [3.05, 3.63) is 64.7 Å². The summed E-state index contributed by atoms with van der Waals surface area (Å²) in [7, 11) is -3.75. The van der Waals surface area contributed by atoms with Crippen LogP contribution in [0.15, 0.2) is 53.4 Å². The number of hydrogen-bond acceptors (Lipinski definition) is 5. The van der Waals surface area contributed by atoms with E-state index in [0.717, 1.165) is 31.2 Å². The molecule has 2 N–H and O–H groups in total. The van der Waals surface area contributed by atoms with Crippen LogP contribution in [0.1, 0.15) is 62.4 Å². The third kappa shape index (κ3) is 6.80. The van der Waals surface area contributed by atoms with E-state index >= 15 is 0 Å². The first-order valence-electron chi connectivity index (χ1n) is 12.0. The van der Waals surface area contributed by atoms with Gasteiger partial charge in [0, 0.05) is 29.2 Å². The number of aliphatic hydroxyl groups excluding tert-OH is 1. The predicted octanol–water partition coefficient (Wildman–Crippen LogP) is 4.91. The molecule has 1 amide bonds. The van der Waals surface area contributed by atoms with Crippen LogP contribution in [-0.2, 0) is 16.6 Å². The van der Waals surface area contributed by atoms with Crippen molar-refractivity contribution in [3.8, 4) is 0 Å². The number of aliphatic hydroxyl groups is 1. The fraction of sp³-hybridized carbons (Fsp3) is 0.500.